The second kappa shape index (κ2) is 10.7. The highest BCUT2D eigenvalue weighted by Crippen LogP contribution is 2.28. The molecule has 0 aliphatic rings. The number of nitrogens with zero attached hydrogens (tertiary/aromatic N) is 2. The Morgan fingerprint density at radius 3 is 2.47 bits per heavy atom. The van der Waals surface area contributed by atoms with Gasteiger partial charge in [-0.05, 0) is 60.7 Å². The molecule has 1 heterocycles. The maximum atomic E-state index is 13.4. The molecule has 2 amide bonds. The van der Waals surface area contributed by atoms with Gasteiger partial charge in [-0.1, -0.05) is 36.7 Å². The largest absolute Gasteiger partial charge is 0.377 e. The van der Waals surface area contributed by atoms with Gasteiger partial charge in [0.1, 0.15) is 0 Å². The highest BCUT2D eigenvalue weighted by Gasteiger charge is 2.24. The number of carbonyl (C=O) groups is 2. The lowest BCUT2D eigenvalue weighted by Crippen LogP contribution is -2.38. The van der Waals surface area contributed by atoms with Crippen LogP contribution in [0.5, 0.6) is 0 Å². The van der Waals surface area contributed by atoms with Crippen LogP contribution in [-0.2, 0) is 6.54 Å². The van der Waals surface area contributed by atoms with Crippen LogP contribution in [-0.4, -0.2) is 36.9 Å². The topological polar surface area (TPSA) is 52.7 Å². The van der Waals surface area contributed by atoms with Crippen molar-refractivity contribution in [1.82, 2.24) is 4.90 Å². The molecule has 1 atom stereocenters. The third-order valence-electron chi connectivity index (χ3n) is 5.39. The Hall–Kier alpha value is -2.83. The molecular weight excluding hydrogens is 442 g/mol. The molecule has 2 aromatic carbocycles. The molecule has 0 radical (unpaired) electrons. The Morgan fingerprint density at radius 1 is 1.09 bits per heavy atom. The van der Waals surface area contributed by atoms with Crippen molar-refractivity contribution < 1.29 is 9.59 Å². The van der Waals surface area contributed by atoms with Gasteiger partial charge in [-0.2, -0.15) is 0 Å². The van der Waals surface area contributed by atoms with Gasteiger partial charge >= 0.3 is 0 Å². The average molecular weight is 470 g/mol. The van der Waals surface area contributed by atoms with Crippen molar-refractivity contribution in [1.29, 1.82) is 0 Å². The number of nitrogens with one attached hydrogen (secondary N) is 1. The minimum Gasteiger partial charge on any atom is -0.377 e. The quantitative estimate of drug-likeness (QED) is 0.429. The molecule has 3 aromatic rings. The number of carbonyl (C=O) groups excluding carboxylic acids is 2. The van der Waals surface area contributed by atoms with Crippen molar-refractivity contribution in [2.45, 2.75) is 32.9 Å². The lowest BCUT2D eigenvalue weighted by molar-refractivity contribution is 0.0672. The summed E-state index contributed by atoms with van der Waals surface area (Å²) >= 11 is 7.72. The van der Waals surface area contributed by atoms with Crippen LogP contribution in [0.2, 0.25) is 5.02 Å². The second-order valence-electron chi connectivity index (χ2n) is 7.84. The minimum absolute atomic E-state index is 0.0122. The fourth-order valence-electron chi connectivity index (χ4n) is 3.45. The third kappa shape index (κ3) is 5.50. The van der Waals surface area contributed by atoms with Gasteiger partial charge in [0.05, 0.1) is 15.5 Å². The first-order valence-corrected chi connectivity index (χ1v) is 11.8. The van der Waals surface area contributed by atoms with Crippen LogP contribution < -0.4 is 10.2 Å². The Kier molecular flexibility index (Phi) is 7.94. The highest BCUT2D eigenvalue weighted by molar-refractivity contribution is 7.12. The zero-order valence-electron chi connectivity index (χ0n) is 18.8. The smallest absolute Gasteiger partial charge is 0.265 e. The summed E-state index contributed by atoms with van der Waals surface area (Å²) in [5, 5.41) is 5.28. The Balaban J connectivity index is 1.94. The Morgan fingerprint density at radius 2 is 1.84 bits per heavy atom. The number of rotatable bonds is 8. The summed E-state index contributed by atoms with van der Waals surface area (Å²) in [6.45, 7) is 4.49. The van der Waals surface area contributed by atoms with Gasteiger partial charge in [0, 0.05) is 38.1 Å². The molecule has 0 saturated heterocycles. The number of hydrogen-bond acceptors (Lipinski definition) is 4. The first-order valence-electron chi connectivity index (χ1n) is 10.5. The molecule has 5 nitrogen and oxygen atoms in total. The van der Waals surface area contributed by atoms with E-state index in [4.69, 9.17) is 11.6 Å². The van der Waals surface area contributed by atoms with Crippen LogP contribution in [0.4, 0.5) is 11.4 Å². The molecule has 1 N–H and O–H groups in total. The van der Waals surface area contributed by atoms with E-state index >= 15 is 0 Å². The van der Waals surface area contributed by atoms with Crippen LogP contribution in [0.25, 0.3) is 0 Å². The number of halogens is 1. The first-order chi connectivity index (χ1) is 15.3. The zero-order chi connectivity index (χ0) is 23.3. The van der Waals surface area contributed by atoms with Gasteiger partial charge in [0.25, 0.3) is 11.8 Å². The molecule has 0 spiro atoms. The van der Waals surface area contributed by atoms with E-state index in [0.717, 1.165) is 17.7 Å². The third-order valence-corrected chi connectivity index (χ3v) is 6.59. The fourth-order valence-corrected chi connectivity index (χ4v) is 4.28. The summed E-state index contributed by atoms with van der Waals surface area (Å²) in [5.41, 5.74) is 3.11. The molecule has 0 aliphatic heterocycles. The maximum absolute atomic E-state index is 13.4. The first kappa shape index (κ1) is 23.8. The van der Waals surface area contributed by atoms with E-state index in [1.54, 1.807) is 18.2 Å². The van der Waals surface area contributed by atoms with E-state index in [1.807, 2.05) is 72.6 Å². The summed E-state index contributed by atoms with van der Waals surface area (Å²) < 4.78 is 0. The van der Waals surface area contributed by atoms with Crippen LogP contribution in [0.15, 0.2) is 60.0 Å². The van der Waals surface area contributed by atoms with E-state index in [9.17, 15) is 9.59 Å². The fraction of sp³-hybridized carbons (Fsp3) is 0.280. The lowest BCUT2D eigenvalue weighted by Gasteiger charge is -2.31. The average Bonchev–Trinajstić information content (AvgIpc) is 3.32. The molecule has 0 aliphatic carbocycles. The highest BCUT2D eigenvalue weighted by atomic mass is 35.5. The van der Waals surface area contributed by atoms with Crippen LogP contribution in [0.1, 0.15) is 45.9 Å². The van der Waals surface area contributed by atoms with Gasteiger partial charge in [0.15, 0.2) is 0 Å². The van der Waals surface area contributed by atoms with Crippen molar-refractivity contribution in [2.75, 3.05) is 24.3 Å². The molecule has 1 aromatic heterocycles. The summed E-state index contributed by atoms with van der Waals surface area (Å²) in [4.78, 5) is 30.5. The number of anilines is 2. The van der Waals surface area contributed by atoms with Crippen molar-refractivity contribution in [2.24, 2.45) is 0 Å². The molecule has 0 bridgehead atoms. The second-order valence-corrected chi connectivity index (χ2v) is 9.19. The number of hydrogen-bond donors (Lipinski definition) is 1. The minimum atomic E-state index is -0.144. The van der Waals surface area contributed by atoms with Gasteiger partial charge < -0.3 is 15.1 Å². The Labute approximate surface area is 198 Å². The monoisotopic (exact) mass is 469 g/mol. The van der Waals surface area contributed by atoms with Crippen LogP contribution in [0.3, 0.4) is 0 Å². The van der Waals surface area contributed by atoms with Crippen LogP contribution in [0, 0.1) is 0 Å². The molecular formula is C25H28ClN3O2S. The molecule has 0 fully saturated rings. The van der Waals surface area contributed by atoms with E-state index in [1.165, 1.54) is 11.3 Å². The van der Waals surface area contributed by atoms with E-state index in [2.05, 4.69) is 12.2 Å². The SMILES string of the molecule is CC[C@@H](C)N(Cc1cc(NC(=O)c2cccs2)ccc1N(C)C)C(=O)c1ccccc1Cl. The van der Waals surface area contributed by atoms with E-state index in [-0.39, 0.29) is 17.9 Å². The van der Waals surface area contributed by atoms with E-state index < -0.39 is 0 Å². The maximum Gasteiger partial charge on any atom is 0.265 e. The summed E-state index contributed by atoms with van der Waals surface area (Å²) in [7, 11) is 3.93. The predicted octanol–water partition coefficient (Wildman–Crippen LogP) is 6.16. The van der Waals surface area contributed by atoms with E-state index in [0.29, 0.717) is 27.7 Å². The van der Waals surface area contributed by atoms with Gasteiger partial charge in [-0.3, -0.25) is 9.59 Å². The lowest BCUT2D eigenvalue weighted by atomic mass is 10.1. The molecule has 32 heavy (non-hydrogen) atoms. The van der Waals surface area contributed by atoms with Gasteiger partial charge in [-0.15, -0.1) is 11.3 Å². The summed E-state index contributed by atoms with van der Waals surface area (Å²) in [6, 6.07) is 16.6. The van der Waals surface area contributed by atoms with Crippen molar-refractivity contribution in [3.8, 4) is 0 Å². The standard InChI is InChI=1S/C25H28ClN3O2S/c1-5-17(2)29(25(31)20-9-6-7-10-21(20)26)16-18-15-19(12-13-22(18)28(3)4)27-24(30)23-11-8-14-32-23/h6-15,17H,5,16H2,1-4H3,(H,27,30)/t17-/m1/s1. The molecule has 0 unspecified atom stereocenters. The molecule has 7 heteroatoms. The summed E-state index contributed by atoms with van der Waals surface area (Å²) in [6.07, 6.45) is 0.808. The molecule has 3 rings (SSSR count). The van der Waals surface area contributed by atoms with Crippen molar-refractivity contribution >= 4 is 46.1 Å². The number of benzene rings is 2. The number of amides is 2. The Bertz CT molecular complexity index is 1080. The zero-order valence-corrected chi connectivity index (χ0v) is 20.3. The van der Waals surface area contributed by atoms with Crippen LogP contribution >= 0.6 is 22.9 Å². The van der Waals surface area contributed by atoms with Crippen molar-refractivity contribution in [3.63, 3.8) is 0 Å². The normalized spacial score (nSPS) is 11.7. The van der Waals surface area contributed by atoms with Gasteiger partial charge in [-0.25, -0.2) is 0 Å². The predicted molar refractivity (Wildman–Crippen MR) is 134 cm³/mol. The van der Waals surface area contributed by atoms with Crippen molar-refractivity contribution in [3.05, 3.63) is 81.0 Å². The molecule has 0 saturated carbocycles. The number of thiophene rings is 1. The summed E-state index contributed by atoms with van der Waals surface area (Å²) in [5.74, 6) is -0.253. The molecule has 168 valence electrons. The van der Waals surface area contributed by atoms with Gasteiger partial charge in [0.2, 0.25) is 0 Å².